The molecule has 1 aliphatic rings. The fourth-order valence-electron chi connectivity index (χ4n) is 3.49. The zero-order valence-electron chi connectivity index (χ0n) is 18.0. The smallest absolute Gasteiger partial charge is 0.329 e. The lowest BCUT2D eigenvalue weighted by atomic mass is 9.97. The summed E-state index contributed by atoms with van der Waals surface area (Å²) in [5.41, 5.74) is 2.16. The number of ether oxygens (including phenoxy) is 1. The van der Waals surface area contributed by atoms with Crippen molar-refractivity contribution in [2.75, 3.05) is 5.32 Å². The Hall–Kier alpha value is -3.48. The van der Waals surface area contributed by atoms with E-state index in [1.54, 1.807) is 30.3 Å². The van der Waals surface area contributed by atoms with Gasteiger partial charge in [0.05, 0.1) is 11.1 Å². The third kappa shape index (κ3) is 4.35. The zero-order chi connectivity index (χ0) is 22.7. The van der Waals surface area contributed by atoms with Crippen LogP contribution in [0.2, 0.25) is 0 Å². The van der Waals surface area contributed by atoms with Crippen molar-refractivity contribution in [1.29, 1.82) is 0 Å². The van der Waals surface area contributed by atoms with Gasteiger partial charge in [0.15, 0.2) is 6.10 Å². The van der Waals surface area contributed by atoms with E-state index in [0.29, 0.717) is 5.69 Å². The zero-order valence-corrected chi connectivity index (χ0v) is 18.0. The van der Waals surface area contributed by atoms with Gasteiger partial charge >= 0.3 is 5.97 Å². The molecule has 0 bridgehead atoms. The Labute approximate surface area is 181 Å². The van der Waals surface area contributed by atoms with Crippen molar-refractivity contribution in [3.8, 4) is 0 Å². The van der Waals surface area contributed by atoms with Gasteiger partial charge < -0.3 is 10.1 Å². The molecule has 162 valence electrons. The van der Waals surface area contributed by atoms with Crippen LogP contribution in [0.4, 0.5) is 5.69 Å². The van der Waals surface area contributed by atoms with Gasteiger partial charge in [-0.05, 0) is 49.9 Å². The molecule has 0 unspecified atom stereocenters. The van der Waals surface area contributed by atoms with E-state index in [0.717, 1.165) is 16.9 Å². The lowest BCUT2D eigenvalue weighted by molar-refractivity contribution is -0.156. The van der Waals surface area contributed by atoms with Crippen LogP contribution in [0.25, 0.3) is 0 Å². The van der Waals surface area contributed by atoms with E-state index in [1.807, 2.05) is 18.2 Å². The largest absolute Gasteiger partial charge is 0.451 e. The number of imide groups is 1. The predicted octanol–water partition coefficient (Wildman–Crippen LogP) is 3.76. The number of hydrogen-bond donors (Lipinski definition) is 1. The molecule has 2 aromatic carbocycles. The first-order valence-electron chi connectivity index (χ1n) is 10.3. The van der Waals surface area contributed by atoms with Crippen molar-refractivity contribution in [2.24, 2.45) is 0 Å². The monoisotopic (exact) mass is 422 g/mol. The number of nitrogens with one attached hydrogen (secondary N) is 1. The van der Waals surface area contributed by atoms with Crippen LogP contribution in [0.1, 0.15) is 66.3 Å². The number of benzene rings is 2. The van der Waals surface area contributed by atoms with E-state index < -0.39 is 35.8 Å². The molecule has 0 saturated heterocycles. The Morgan fingerprint density at radius 3 is 2.06 bits per heavy atom. The highest BCUT2D eigenvalue weighted by Crippen LogP contribution is 2.27. The lowest BCUT2D eigenvalue weighted by Crippen LogP contribution is -2.45. The molecule has 3 rings (SSSR count). The van der Waals surface area contributed by atoms with Gasteiger partial charge in [0.2, 0.25) is 0 Å². The number of carbonyl (C=O) groups excluding carboxylic acids is 4. The third-order valence-electron chi connectivity index (χ3n) is 5.58. The average molecular weight is 422 g/mol. The second kappa shape index (κ2) is 9.12. The Kier molecular flexibility index (Phi) is 6.53. The van der Waals surface area contributed by atoms with E-state index >= 15 is 0 Å². The van der Waals surface area contributed by atoms with Gasteiger partial charge in [0.1, 0.15) is 6.04 Å². The first-order valence-corrected chi connectivity index (χ1v) is 10.3. The maximum Gasteiger partial charge on any atom is 0.329 e. The standard InChI is InChI=1S/C24H26N2O5/c1-5-14(2)17-10-8-9-13-20(17)25-21(27)16(4)31-24(30)15(3)26-22(28)18-11-6-7-12-19(18)23(26)29/h6-16H,5H2,1-4H3,(H,25,27)/t14-,15+,16-/m0/s1. The van der Waals surface area contributed by atoms with Gasteiger partial charge in [-0.2, -0.15) is 0 Å². The molecule has 0 saturated carbocycles. The van der Waals surface area contributed by atoms with Crippen molar-refractivity contribution in [3.63, 3.8) is 0 Å². The molecule has 1 heterocycles. The molecular formula is C24H26N2O5. The van der Waals surface area contributed by atoms with E-state index in [-0.39, 0.29) is 17.0 Å². The highest BCUT2D eigenvalue weighted by Gasteiger charge is 2.41. The second-order valence-electron chi connectivity index (χ2n) is 7.67. The molecule has 3 atom stereocenters. The minimum absolute atomic E-state index is 0.250. The number of nitrogens with zero attached hydrogens (tertiary/aromatic N) is 1. The first-order chi connectivity index (χ1) is 14.8. The Morgan fingerprint density at radius 1 is 0.935 bits per heavy atom. The normalized spacial score (nSPS) is 15.8. The summed E-state index contributed by atoms with van der Waals surface area (Å²) < 4.78 is 5.28. The molecule has 0 spiro atoms. The minimum Gasteiger partial charge on any atom is -0.451 e. The highest BCUT2D eigenvalue weighted by atomic mass is 16.5. The van der Waals surface area contributed by atoms with Gasteiger partial charge in [-0.15, -0.1) is 0 Å². The second-order valence-corrected chi connectivity index (χ2v) is 7.67. The predicted molar refractivity (Wildman–Crippen MR) is 116 cm³/mol. The fourth-order valence-corrected chi connectivity index (χ4v) is 3.49. The van der Waals surface area contributed by atoms with Gasteiger partial charge in [-0.25, -0.2) is 4.79 Å². The molecule has 0 radical (unpaired) electrons. The molecule has 3 amide bonds. The number of hydrogen-bond acceptors (Lipinski definition) is 5. The summed E-state index contributed by atoms with van der Waals surface area (Å²) >= 11 is 0. The van der Waals surface area contributed by atoms with Crippen molar-refractivity contribution < 1.29 is 23.9 Å². The van der Waals surface area contributed by atoms with Gasteiger partial charge in [-0.3, -0.25) is 19.3 Å². The molecule has 31 heavy (non-hydrogen) atoms. The molecule has 0 aliphatic carbocycles. The molecule has 1 aliphatic heterocycles. The SMILES string of the molecule is CC[C@H](C)c1ccccc1NC(=O)[C@H](C)OC(=O)[C@@H](C)N1C(=O)c2ccccc2C1=O. The first kappa shape index (κ1) is 22.2. The van der Waals surface area contributed by atoms with Crippen LogP contribution in [0.3, 0.4) is 0 Å². The summed E-state index contributed by atoms with van der Waals surface area (Å²) in [6.45, 7) is 6.99. The number of anilines is 1. The maximum absolute atomic E-state index is 12.6. The summed E-state index contributed by atoms with van der Waals surface area (Å²) in [7, 11) is 0. The Balaban J connectivity index is 1.67. The topological polar surface area (TPSA) is 92.8 Å². The van der Waals surface area contributed by atoms with E-state index in [2.05, 4.69) is 19.2 Å². The van der Waals surface area contributed by atoms with E-state index in [4.69, 9.17) is 4.74 Å². The van der Waals surface area contributed by atoms with Crippen LogP contribution < -0.4 is 5.32 Å². The molecule has 2 aromatic rings. The number of esters is 1. The summed E-state index contributed by atoms with van der Waals surface area (Å²) in [5.74, 6) is -2.16. The Bertz CT molecular complexity index is 997. The van der Waals surface area contributed by atoms with E-state index in [1.165, 1.54) is 13.8 Å². The average Bonchev–Trinajstić information content (AvgIpc) is 3.03. The molecule has 0 fully saturated rings. The third-order valence-corrected chi connectivity index (χ3v) is 5.58. The van der Waals surface area contributed by atoms with Crippen LogP contribution in [0, 0.1) is 0 Å². The number of carbonyl (C=O) groups is 4. The number of amides is 3. The summed E-state index contributed by atoms with van der Waals surface area (Å²) in [6.07, 6.45) is -0.190. The Morgan fingerprint density at radius 2 is 1.48 bits per heavy atom. The van der Waals surface area contributed by atoms with Gasteiger partial charge in [-0.1, -0.05) is 44.2 Å². The number of fused-ring (bicyclic) bond motifs is 1. The molecule has 7 nitrogen and oxygen atoms in total. The molecule has 1 N–H and O–H groups in total. The van der Waals surface area contributed by atoms with Crippen LogP contribution in [-0.4, -0.2) is 40.7 Å². The number of rotatable bonds is 7. The molecular weight excluding hydrogens is 396 g/mol. The minimum atomic E-state index is -1.16. The van der Waals surface area contributed by atoms with Gasteiger partial charge in [0, 0.05) is 5.69 Å². The number of para-hydroxylation sites is 1. The van der Waals surface area contributed by atoms with E-state index in [9.17, 15) is 19.2 Å². The van der Waals surface area contributed by atoms with Crippen LogP contribution in [0.5, 0.6) is 0 Å². The summed E-state index contributed by atoms with van der Waals surface area (Å²) in [4.78, 5) is 51.2. The van der Waals surface area contributed by atoms with Crippen LogP contribution in [-0.2, 0) is 14.3 Å². The van der Waals surface area contributed by atoms with Gasteiger partial charge in [0.25, 0.3) is 17.7 Å². The molecule has 7 heteroatoms. The van der Waals surface area contributed by atoms with Crippen molar-refractivity contribution >= 4 is 29.4 Å². The summed E-state index contributed by atoms with van der Waals surface area (Å²) in [5, 5.41) is 2.81. The van der Waals surface area contributed by atoms with Crippen LogP contribution >= 0.6 is 0 Å². The van der Waals surface area contributed by atoms with Crippen molar-refractivity contribution in [3.05, 3.63) is 65.2 Å². The highest BCUT2D eigenvalue weighted by molar-refractivity contribution is 6.22. The summed E-state index contributed by atoms with van der Waals surface area (Å²) in [6, 6.07) is 12.7. The quantitative estimate of drug-likeness (QED) is 0.542. The maximum atomic E-state index is 12.6. The molecule has 0 aromatic heterocycles. The lowest BCUT2D eigenvalue weighted by Gasteiger charge is -2.23. The van der Waals surface area contributed by atoms with Crippen molar-refractivity contribution in [2.45, 2.75) is 52.2 Å². The van der Waals surface area contributed by atoms with Crippen LogP contribution in [0.15, 0.2) is 48.5 Å². The van der Waals surface area contributed by atoms with Crippen molar-refractivity contribution in [1.82, 2.24) is 4.90 Å². The fraction of sp³-hybridized carbons (Fsp3) is 0.333.